The van der Waals surface area contributed by atoms with Crippen molar-refractivity contribution in [3.8, 4) is 0 Å². The van der Waals surface area contributed by atoms with Crippen LogP contribution in [-0.4, -0.2) is 34.9 Å². The molecule has 3 nitrogen and oxygen atoms in total. The van der Waals surface area contributed by atoms with Crippen molar-refractivity contribution in [2.45, 2.75) is 38.8 Å². The summed E-state index contributed by atoms with van der Waals surface area (Å²) >= 11 is 3.45. The van der Waals surface area contributed by atoms with Gasteiger partial charge in [0.25, 0.3) is 0 Å². The van der Waals surface area contributed by atoms with Gasteiger partial charge in [0.15, 0.2) is 9.84 Å². The van der Waals surface area contributed by atoms with Crippen molar-refractivity contribution in [2.75, 3.05) is 11.5 Å². The van der Waals surface area contributed by atoms with Crippen molar-refractivity contribution >= 4 is 26.0 Å². The maximum absolute atomic E-state index is 11.6. The van der Waals surface area contributed by atoms with Gasteiger partial charge in [0.2, 0.25) is 0 Å². The fourth-order valence-corrected chi connectivity index (χ4v) is 5.16. The Morgan fingerprint density at radius 2 is 1.38 bits per heavy atom. The van der Waals surface area contributed by atoms with Crippen LogP contribution in [0.3, 0.4) is 0 Å². The lowest BCUT2D eigenvalue weighted by Gasteiger charge is -2.48. The molecule has 78 valence electrons. The summed E-state index contributed by atoms with van der Waals surface area (Å²) in [6.07, 6.45) is 0. The molecule has 0 aromatic heterocycles. The van der Waals surface area contributed by atoms with E-state index in [1.54, 1.807) is 0 Å². The fourth-order valence-electron chi connectivity index (χ4n) is 2.06. The number of nitrogens with zero attached hydrogens (tertiary/aromatic N) is 1. The van der Waals surface area contributed by atoms with Gasteiger partial charge in [-0.1, -0.05) is 0 Å². The van der Waals surface area contributed by atoms with E-state index in [-0.39, 0.29) is 22.6 Å². The van der Waals surface area contributed by atoms with Crippen molar-refractivity contribution < 1.29 is 8.42 Å². The lowest BCUT2D eigenvalue weighted by Crippen LogP contribution is -2.61. The first-order chi connectivity index (χ1) is 5.57. The maximum atomic E-state index is 11.6. The smallest absolute Gasteiger partial charge is 0.153 e. The predicted molar refractivity (Wildman–Crippen MR) is 57.6 cm³/mol. The van der Waals surface area contributed by atoms with Crippen molar-refractivity contribution in [2.24, 2.45) is 0 Å². The first-order valence-corrected chi connectivity index (χ1v) is 6.76. The van der Waals surface area contributed by atoms with Crippen molar-refractivity contribution in [1.29, 1.82) is 0 Å². The van der Waals surface area contributed by atoms with Crippen molar-refractivity contribution in [3.63, 3.8) is 0 Å². The fraction of sp³-hybridized carbons (Fsp3) is 1.00. The van der Waals surface area contributed by atoms with E-state index in [0.29, 0.717) is 0 Å². The number of rotatable bonds is 0. The molecular weight excluding hydrogens is 254 g/mol. The van der Waals surface area contributed by atoms with Gasteiger partial charge in [-0.15, -0.1) is 0 Å². The first kappa shape index (κ1) is 11.5. The zero-order valence-corrected chi connectivity index (χ0v) is 10.9. The highest BCUT2D eigenvalue weighted by Crippen LogP contribution is 2.36. The average Bonchev–Trinajstić information content (AvgIpc) is 1.77. The molecule has 1 aliphatic rings. The predicted octanol–water partition coefficient (Wildman–Crippen LogP) is 1.58. The second kappa shape index (κ2) is 2.94. The minimum atomic E-state index is -2.90. The van der Waals surface area contributed by atoms with E-state index >= 15 is 0 Å². The highest BCUT2D eigenvalue weighted by molar-refractivity contribution is 9.07. The number of sulfone groups is 1. The van der Waals surface area contributed by atoms with Crippen LogP contribution in [0.5, 0.6) is 0 Å². The summed E-state index contributed by atoms with van der Waals surface area (Å²) in [5.74, 6) is 0.434. The van der Waals surface area contributed by atoms with E-state index in [4.69, 9.17) is 0 Å². The molecule has 0 atom stereocenters. The first-order valence-electron chi connectivity index (χ1n) is 4.23. The Morgan fingerprint density at radius 3 is 1.69 bits per heavy atom. The Kier molecular flexibility index (Phi) is 2.59. The van der Waals surface area contributed by atoms with Gasteiger partial charge in [-0.25, -0.2) is 12.3 Å². The van der Waals surface area contributed by atoms with Gasteiger partial charge in [-0.2, -0.15) is 0 Å². The van der Waals surface area contributed by atoms with Crippen LogP contribution >= 0.6 is 16.1 Å². The highest BCUT2D eigenvalue weighted by atomic mass is 79.9. The maximum Gasteiger partial charge on any atom is 0.153 e. The van der Waals surface area contributed by atoms with Crippen LogP contribution in [0.2, 0.25) is 0 Å². The van der Waals surface area contributed by atoms with Crippen LogP contribution in [-0.2, 0) is 9.84 Å². The van der Waals surface area contributed by atoms with E-state index in [1.165, 1.54) is 0 Å². The van der Waals surface area contributed by atoms with E-state index in [0.717, 1.165) is 0 Å². The van der Waals surface area contributed by atoms with Gasteiger partial charge < -0.3 is 0 Å². The molecule has 0 amide bonds. The molecule has 1 saturated heterocycles. The SMILES string of the molecule is CC1(C)CS(=O)(=O)CC(C)(C)N1Br. The van der Waals surface area contributed by atoms with E-state index < -0.39 is 9.84 Å². The highest BCUT2D eigenvalue weighted by Gasteiger charge is 2.46. The van der Waals surface area contributed by atoms with Crippen molar-refractivity contribution in [1.82, 2.24) is 3.93 Å². The second-order valence-corrected chi connectivity index (χ2v) is 7.71. The molecule has 13 heavy (non-hydrogen) atoms. The molecule has 1 heterocycles. The minimum absolute atomic E-state index is 0.217. The summed E-state index contributed by atoms with van der Waals surface area (Å²) in [5, 5.41) is 0. The summed E-state index contributed by atoms with van der Waals surface area (Å²) in [6, 6.07) is 0. The Hall–Kier alpha value is 0.390. The normalized spacial score (nSPS) is 31.5. The molecule has 0 aliphatic carbocycles. The molecule has 0 saturated carbocycles. The molecule has 0 spiro atoms. The zero-order valence-electron chi connectivity index (χ0n) is 8.46. The Balaban J connectivity index is 3.10. The summed E-state index contributed by atoms with van der Waals surface area (Å²) in [6.45, 7) is 7.72. The van der Waals surface area contributed by atoms with Gasteiger partial charge in [0.05, 0.1) is 11.5 Å². The molecule has 5 heteroatoms. The zero-order chi connectivity index (χ0) is 10.5. The molecule has 1 aliphatic heterocycles. The summed E-state index contributed by atoms with van der Waals surface area (Å²) in [5.41, 5.74) is -0.666. The van der Waals surface area contributed by atoms with Crippen LogP contribution in [0.4, 0.5) is 0 Å². The second-order valence-electron chi connectivity index (χ2n) is 4.94. The average molecular weight is 270 g/mol. The van der Waals surface area contributed by atoms with Gasteiger partial charge >= 0.3 is 0 Å². The largest absolute Gasteiger partial charge is 0.229 e. The van der Waals surface area contributed by atoms with Gasteiger partial charge in [0, 0.05) is 27.2 Å². The quantitative estimate of drug-likeness (QED) is 0.627. The number of halogens is 1. The molecular formula is C8H16BrNO2S. The Bertz CT molecular complexity index is 284. The molecule has 0 N–H and O–H groups in total. The topological polar surface area (TPSA) is 37.4 Å². The van der Waals surface area contributed by atoms with E-state index in [9.17, 15) is 8.42 Å². The molecule has 0 unspecified atom stereocenters. The van der Waals surface area contributed by atoms with Crippen LogP contribution in [0.25, 0.3) is 0 Å². The van der Waals surface area contributed by atoms with Crippen LogP contribution in [0.15, 0.2) is 0 Å². The van der Waals surface area contributed by atoms with E-state index in [1.807, 2.05) is 31.6 Å². The van der Waals surface area contributed by atoms with Gasteiger partial charge in [0.1, 0.15) is 0 Å². The Morgan fingerprint density at radius 1 is 1.08 bits per heavy atom. The van der Waals surface area contributed by atoms with Gasteiger partial charge in [-0.3, -0.25) is 0 Å². The van der Waals surface area contributed by atoms with Crippen LogP contribution in [0, 0.1) is 0 Å². The summed E-state index contributed by atoms with van der Waals surface area (Å²) in [7, 11) is -2.90. The molecule has 0 aromatic rings. The van der Waals surface area contributed by atoms with Crippen LogP contribution < -0.4 is 0 Å². The number of hydrogen-bond donors (Lipinski definition) is 0. The molecule has 0 radical (unpaired) electrons. The minimum Gasteiger partial charge on any atom is -0.229 e. The standard InChI is InChI=1S/C8H16BrNO2S/c1-7(2)5-13(11,12)6-8(3,4)10(7)9/h5-6H2,1-4H3. The molecule has 0 aromatic carbocycles. The monoisotopic (exact) mass is 269 g/mol. The van der Waals surface area contributed by atoms with E-state index in [2.05, 4.69) is 16.1 Å². The van der Waals surface area contributed by atoms with Crippen LogP contribution in [0.1, 0.15) is 27.7 Å². The summed E-state index contributed by atoms with van der Waals surface area (Å²) in [4.78, 5) is 0. The number of hydrogen-bond acceptors (Lipinski definition) is 3. The summed E-state index contributed by atoms with van der Waals surface area (Å²) < 4.78 is 25.1. The Labute approximate surface area is 88.8 Å². The lowest BCUT2D eigenvalue weighted by molar-refractivity contribution is 0.159. The van der Waals surface area contributed by atoms with Gasteiger partial charge in [-0.05, 0) is 27.7 Å². The molecule has 1 rings (SSSR count). The molecule has 1 fully saturated rings. The van der Waals surface area contributed by atoms with Crippen molar-refractivity contribution in [3.05, 3.63) is 0 Å². The lowest BCUT2D eigenvalue weighted by atomic mass is 10.00. The third kappa shape index (κ3) is 2.25. The third-order valence-electron chi connectivity index (χ3n) is 2.21. The third-order valence-corrected chi connectivity index (χ3v) is 6.42. The molecule has 0 bridgehead atoms.